The summed E-state index contributed by atoms with van der Waals surface area (Å²) in [7, 11) is 0. The Hall–Kier alpha value is -0.890. The van der Waals surface area contributed by atoms with Crippen molar-refractivity contribution < 1.29 is 0 Å². The molecule has 0 aliphatic carbocycles. The monoisotopic (exact) mass is 218 g/mol. The average Bonchev–Trinajstić information content (AvgIpc) is 2.27. The minimum absolute atomic E-state index is 0.613. The van der Waals surface area contributed by atoms with Gasteiger partial charge in [0.15, 0.2) is 0 Å². The summed E-state index contributed by atoms with van der Waals surface area (Å²) in [5.41, 5.74) is 4.30. The molecule has 0 radical (unpaired) electrons. The minimum Gasteiger partial charge on any atom is -0.295 e. The molecule has 88 valence electrons. The first kappa shape index (κ1) is 11.6. The molecule has 1 aliphatic heterocycles. The molecule has 16 heavy (non-hydrogen) atoms. The van der Waals surface area contributed by atoms with Crippen LogP contribution in [-0.2, 0) is 13.0 Å². The van der Waals surface area contributed by atoms with Crippen molar-refractivity contribution in [2.24, 2.45) is 0 Å². The lowest BCUT2D eigenvalue weighted by Crippen LogP contribution is -2.36. The third-order valence-corrected chi connectivity index (χ3v) is 3.54. The number of pyridine rings is 1. The van der Waals surface area contributed by atoms with E-state index in [0.717, 1.165) is 13.0 Å². The maximum atomic E-state index is 4.55. The van der Waals surface area contributed by atoms with E-state index >= 15 is 0 Å². The summed E-state index contributed by atoms with van der Waals surface area (Å²) in [5.74, 6) is 0.613. The lowest BCUT2D eigenvalue weighted by Gasteiger charge is -2.32. The Morgan fingerprint density at radius 1 is 1.25 bits per heavy atom. The Morgan fingerprint density at radius 2 is 2.00 bits per heavy atom. The molecule has 2 rings (SSSR count). The van der Waals surface area contributed by atoms with Crippen LogP contribution in [-0.4, -0.2) is 22.5 Å². The van der Waals surface area contributed by atoms with Gasteiger partial charge in [-0.2, -0.15) is 0 Å². The van der Waals surface area contributed by atoms with E-state index in [1.807, 2.05) is 6.20 Å². The minimum atomic E-state index is 0.613. The molecule has 2 heterocycles. The number of hydrogen-bond acceptors (Lipinski definition) is 2. The van der Waals surface area contributed by atoms with E-state index in [1.54, 1.807) is 0 Å². The topological polar surface area (TPSA) is 16.1 Å². The molecule has 0 saturated heterocycles. The summed E-state index contributed by atoms with van der Waals surface area (Å²) in [6.45, 7) is 11.3. The van der Waals surface area contributed by atoms with Crippen molar-refractivity contribution >= 4 is 0 Å². The van der Waals surface area contributed by atoms with Gasteiger partial charge in [0.2, 0.25) is 0 Å². The van der Waals surface area contributed by atoms with Gasteiger partial charge >= 0.3 is 0 Å². The predicted octanol–water partition coefficient (Wildman–Crippen LogP) is 2.97. The van der Waals surface area contributed by atoms with Crippen LogP contribution in [0.5, 0.6) is 0 Å². The van der Waals surface area contributed by atoms with Crippen LogP contribution in [0, 0.1) is 0 Å². The Kier molecular flexibility index (Phi) is 3.29. The van der Waals surface area contributed by atoms with Gasteiger partial charge in [-0.3, -0.25) is 9.88 Å². The molecule has 2 heteroatoms. The van der Waals surface area contributed by atoms with Gasteiger partial charge < -0.3 is 0 Å². The van der Waals surface area contributed by atoms with Gasteiger partial charge in [-0.05, 0) is 43.4 Å². The molecule has 1 aromatic rings. The second-order valence-electron chi connectivity index (χ2n) is 5.29. The zero-order valence-corrected chi connectivity index (χ0v) is 10.8. The van der Waals surface area contributed by atoms with Gasteiger partial charge in [-0.1, -0.05) is 13.8 Å². The highest BCUT2D eigenvalue weighted by Crippen LogP contribution is 2.26. The average molecular weight is 218 g/mol. The third kappa shape index (κ3) is 2.12. The van der Waals surface area contributed by atoms with E-state index in [-0.39, 0.29) is 0 Å². The Morgan fingerprint density at radius 3 is 2.62 bits per heavy atom. The van der Waals surface area contributed by atoms with Crippen molar-refractivity contribution in [2.75, 3.05) is 6.54 Å². The van der Waals surface area contributed by atoms with Crippen molar-refractivity contribution in [3.63, 3.8) is 0 Å². The molecule has 0 aromatic carbocycles. The first-order valence-corrected chi connectivity index (χ1v) is 6.30. The van der Waals surface area contributed by atoms with Gasteiger partial charge in [0, 0.05) is 25.3 Å². The normalized spacial score (nSPS) is 16.9. The third-order valence-electron chi connectivity index (χ3n) is 3.54. The van der Waals surface area contributed by atoms with Crippen LogP contribution < -0.4 is 0 Å². The first-order chi connectivity index (χ1) is 7.59. The highest BCUT2D eigenvalue weighted by atomic mass is 15.2. The van der Waals surface area contributed by atoms with Gasteiger partial charge in [-0.15, -0.1) is 0 Å². The summed E-state index contributed by atoms with van der Waals surface area (Å²) < 4.78 is 0. The Labute approximate surface area is 98.7 Å². The van der Waals surface area contributed by atoms with Crippen LogP contribution in [0.15, 0.2) is 12.3 Å². The van der Waals surface area contributed by atoms with Crippen molar-refractivity contribution in [1.82, 2.24) is 9.88 Å². The zero-order valence-electron chi connectivity index (χ0n) is 10.8. The van der Waals surface area contributed by atoms with E-state index in [9.17, 15) is 0 Å². The van der Waals surface area contributed by atoms with E-state index in [2.05, 4.69) is 43.6 Å². The Bertz CT molecular complexity index is 369. The predicted molar refractivity (Wildman–Crippen MR) is 67.6 cm³/mol. The molecule has 0 saturated carbocycles. The van der Waals surface area contributed by atoms with E-state index in [1.165, 1.54) is 23.4 Å². The van der Waals surface area contributed by atoms with Crippen molar-refractivity contribution in [3.8, 4) is 0 Å². The van der Waals surface area contributed by atoms with E-state index < -0.39 is 0 Å². The smallest absolute Gasteiger partial charge is 0.0579 e. The van der Waals surface area contributed by atoms with Crippen LogP contribution in [0.3, 0.4) is 0 Å². The van der Waals surface area contributed by atoms with Crippen LogP contribution >= 0.6 is 0 Å². The molecule has 1 aromatic heterocycles. The van der Waals surface area contributed by atoms with Gasteiger partial charge in [0.1, 0.15) is 0 Å². The molecule has 2 nitrogen and oxygen atoms in total. The standard InChI is InChI=1S/C14H22N2/c1-10(2)12-5-7-15-14-9-16(11(3)4)8-6-13(12)14/h5,7,10-11H,6,8-9H2,1-4H3. The molecular formula is C14H22N2. The maximum absolute atomic E-state index is 4.55. The summed E-state index contributed by atoms with van der Waals surface area (Å²) in [6, 6.07) is 2.81. The molecular weight excluding hydrogens is 196 g/mol. The largest absolute Gasteiger partial charge is 0.295 e. The fraction of sp³-hybridized carbons (Fsp3) is 0.643. The second kappa shape index (κ2) is 4.54. The summed E-state index contributed by atoms with van der Waals surface area (Å²) in [4.78, 5) is 7.05. The van der Waals surface area contributed by atoms with Gasteiger partial charge in [0.05, 0.1) is 5.69 Å². The van der Waals surface area contributed by atoms with E-state index in [0.29, 0.717) is 12.0 Å². The molecule has 0 fully saturated rings. The maximum Gasteiger partial charge on any atom is 0.0579 e. The van der Waals surface area contributed by atoms with Crippen molar-refractivity contribution in [1.29, 1.82) is 0 Å². The van der Waals surface area contributed by atoms with Crippen molar-refractivity contribution in [3.05, 3.63) is 29.1 Å². The number of hydrogen-bond donors (Lipinski definition) is 0. The first-order valence-electron chi connectivity index (χ1n) is 6.30. The van der Waals surface area contributed by atoms with Gasteiger partial charge in [0.25, 0.3) is 0 Å². The summed E-state index contributed by atoms with van der Waals surface area (Å²) in [6.07, 6.45) is 3.13. The second-order valence-corrected chi connectivity index (χ2v) is 5.29. The van der Waals surface area contributed by atoms with Crippen LogP contribution in [0.25, 0.3) is 0 Å². The molecule has 0 N–H and O–H groups in total. The number of nitrogens with zero attached hydrogens (tertiary/aromatic N) is 2. The SMILES string of the molecule is CC(C)c1ccnc2c1CCN(C(C)C)C2. The Balaban J connectivity index is 2.31. The number of fused-ring (bicyclic) bond motifs is 1. The highest BCUT2D eigenvalue weighted by molar-refractivity contribution is 5.34. The zero-order chi connectivity index (χ0) is 11.7. The fourth-order valence-electron chi connectivity index (χ4n) is 2.49. The summed E-state index contributed by atoms with van der Waals surface area (Å²) >= 11 is 0. The van der Waals surface area contributed by atoms with Gasteiger partial charge in [-0.25, -0.2) is 0 Å². The number of rotatable bonds is 2. The van der Waals surface area contributed by atoms with Crippen LogP contribution in [0.1, 0.15) is 50.4 Å². The molecule has 0 atom stereocenters. The molecule has 0 spiro atoms. The molecule has 0 bridgehead atoms. The molecule has 1 aliphatic rings. The lowest BCUT2D eigenvalue weighted by molar-refractivity contribution is 0.199. The lowest BCUT2D eigenvalue weighted by atomic mass is 9.92. The van der Waals surface area contributed by atoms with Crippen LogP contribution in [0.4, 0.5) is 0 Å². The van der Waals surface area contributed by atoms with E-state index in [4.69, 9.17) is 0 Å². The number of aromatic nitrogens is 1. The molecule has 0 amide bonds. The van der Waals surface area contributed by atoms with Crippen molar-refractivity contribution in [2.45, 2.75) is 52.6 Å². The highest BCUT2D eigenvalue weighted by Gasteiger charge is 2.21. The fourth-order valence-corrected chi connectivity index (χ4v) is 2.49. The molecule has 0 unspecified atom stereocenters. The summed E-state index contributed by atoms with van der Waals surface area (Å²) in [5, 5.41) is 0. The quantitative estimate of drug-likeness (QED) is 0.758. The van der Waals surface area contributed by atoms with Crippen LogP contribution in [0.2, 0.25) is 0 Å².